The number of halogens is 1. The number of rotatable bonds is 2. The fourth-order valence-electron chi connectivity index (χ4n) is 1.58. The lowest BCUT2D eigenvalue weighted by molar-refractivity contribution is 0.811. The molecule has 0 amide bonds. The number of benzene rings is 1. The Labute approximate surface area is 109 Å². The van der Waals surface area contributed by atoms with Gasteiger partial charge in [0.25, 0.3) is 0 Å². The van der Waals surface area contributed by atoms with Gasteiger partial charge in [0.15, 0.2) is 5.82 Å². The third-order valence-electron chi connectivity index (χ3n) is 2.48. The lowest BCUT2D eigenvalue weighted by Gasteiger charge is -2.11. The fourth-order valence-corrected chi connectivity index (χ4v) is 2.22. The van der Waals surface area contributed by atoms with Crippen LogP contribution in [0.4, 0.5) is 5.82 Å². The van der Waals surface area contributed by atoms with Crippen LogP contribution in [0, 0.1) is 0 Å². The van der Waals surface area contributed by atoms with Crippen molar-refractivity contribution in [3.8, 4) is 11.4 Å². The van der Waals surface area contributed by atoms with Gasteiger partial charge < -0.3 is 5.73 Å². The minimum Gasteiger partial charge on any atom is -0.383 e. The molecule has 3 nitrogen and oxygen atoms in total. The van der Waals surface area contributed by atoms with Crippen LogP contribution in [-0.2, 0) is 0 Å². The Kier molecular flexibility index (Phi) is 3.43. The molecule has 0 unspecified atom stereocenters. The molecule has 0 aliphatic carbocycles. The van der Waals surface area contributed by atoms with Crippen LogP contribution in [0.1, 0.15) is 25.5 Å². The van der Waals surface area contributed by atoms with E-state index < -0.39 is 0 Å². The molecule has 0 saturated heterocycles. The van der Waals surface area contributed by atoms with E-state index >= 15 is 0 Å². The Balaban J connectivity index is 2.57. The lowest BCUT2D eigenvalue weighted by atomic mass is 10.1. The molecular formula is C13H14BrN3. The van der Waals surface area contributed by atoms with Gasteiger partial charge in [0.05, 0.1) is 10.2 Å². The second-order valence-electron chi connectivity index (χ2n) is 4.15. The van der Waals surface area contributed by atoms with Gasteiger partial charge in [0, 0.05) is 5.56 Å². The maximum atomic E-state index is 5.90. The van der Waals surface area contributed by atoms with Crippen molar-refractivity contribution < 1.29 is 0 Å². The topological polar surface area (TPSA) is 51.8 Å². The molecule has 0 aliphatic rings. The number of aromatic nitrogens is 2. The lowest BCUT2D eigenvalue weighted by Crippen LogP contribution is -2.04. The van der Waals surface area contributed by atoms with Crippen molar-refractivity contribution in [1.82, 2.24) is 9.97 Å². The van der Waals surface area contributed by atoms with Crippen molar-refractivity contribution in [3.05, 3.63) is 40.5 Å². The van der Waals surface area contributed by atoms with Gasteiger partial charge in [-0.2, -0.15) is 0 Å². The Morgan fingerprint density at radius 3 is 2.35 bits per heavy atom. The molecule has 0 atom stereocenters. The molecule has 0 spiro atoms. The van der Waals surface area contributed by atoms with Gasteiger partial charge in [-0.15, -0.1) is 0 Å². The van der Waals surface area contributed by atoms with Crippen LogP contribution in [0.5, 0.6) is 0 Å². The minimum absolute atomic E-state index is 0.303. The van der Waals surface area contributed by atoms with Crippen LogP contribution >= 0.6 is 15.9 Å². The summed E-state index contributed by atoms with van der Waals surface area (Å²) in [5, 5.41) is 0. The molecule has 0 saturated carbocycles. The van der Waals surface area contributed by atoms with Crippen molar-refractivity contribution in [2.75, 3.05) is 5.73 Å². The Morgan fingerprint density at radius 1 is 1.12 bits per heavy atom. The van der Waals surface area contributed by atoms with Crippen molar-refractivity contribution in [2.45, 2.75) is 19.8 Å². The summed E-state index contributed by atoms with van der Waals surface area (Å²) < 4.78 is 0.798. The predicted molar refractivity (Wildman–Crippen MR) is 73.7 cm³/mol. The summed E-state index contributed by atoms with van der Waals surface area (Å²) in [6.45, 7) is 4.17. The maximum Gasteiger partial charge on any atom is 0.161 e. The second kappa shape index (κ2) is 4.84. The zero-order valence-corrected chi connectivity index (χ0v) is 11.4. The second-order valence-corrected chi connectivity index (χ2v) is 4.95. The minimum atomic E-state index is 0.303. The summed E-state index contributed by atoms with van der Waals surface area (Å²) in [5.74, 6) is 1.47. The van der Waals surface area contributed by atoms with Crippen LogP contribution in [0.25, 0.3) is 11.4 Å². The van der Waals surface area contributed by atoms with E-state index in [1.165, 1.54) is 0 Å². The van der Waals surface area contributed by atoms with E-state index in [0.717, 1.165) is 15.7 Å². The molecule has 0 aliphatic heterocycles. The molecule has 88 valence electrons. The summed E-state index contributed by atoms with van der Waals surface area (Å²) in [5.41, 5.74) is 7.82. The smallest absolute Gasteiger partial charge is 0.161 e. The van der Waals surface area contributed by atoms with E-state index in [4.69, 9.17) is 5.73 Å². The van der Waals surface area contributed by atoms with Crippen molar-refractivity contribution in [2.24, 2.45) is 0 Å². The quantitative estimate of drug-likeness (QED) is 0.920. The van der Waals surface area contributed by atoms with Gasteiger partial charge >= 0.3 is 0 Å². The molecule has 0 bridgehead atoms. The molecule has 2 rings (SSSR count). The molecule has 1 heterocycles. The summed E-state index contributed by atoms with van der Waals surface area (Å²) in [6.07, 6.45) is 0. The molecule has 1 aromatic heterocycles. The van der Waals surface area contributed by atoms with E-state index in [-0.39, 0.29) is 0 Å². The molecule has 0 fully saturated rings. The maximum absolute atomic E-state index is 5.90. The third-order valence-corrected chi connectivity index (χ3v) is 3.29. The SMILES string of the molecule is CC(C)c1nc(-c2ccccc2)nc(N)c1Br. The van der Waals surface area contributed by atoms with Crippen LogP contribution in [0.2, 0.25) is 0 Å². The number of nitrogen functional groups attached to an aromatic ring is 1. The van der Waals surface area contributed by atoms with E-state index in [1.54, 1.807) is 0 Å². The van der Waals surface area contributed by atoms with E-state index in [2.05, 4.69) is 39.7 Å². The van der Waals surface area contributed by atoms with Crippen molar-refractivity contribution in [3.63, 3.8) is 0 Å². The van der Waals surface area contributed by atoms with Gasteiger partial charge in [-0.25, -0.2) is 9.97 Å². The van der Waals surface area contributed by atoms with Crippen LogP contribution in [0.15, 0.2) is 34.8 Å². The Bertz CT molecular complexity index is 524. The summed E-state index contributed by atoms with van der Waals surface area (Å²) in [7, 11) is 0. The van der Waals surface area contributed by atoms with Gasteiger partial charge in [-0.1, -0.05) is 44.2 Å². The highest BCUT2D eigenvalue weighted by Gasteiger charge is 2.13. The van der Waals surface area contributed by atoms with Gasteiger partial charge in [0.1, 0.15) is 5.82 Å². The van der Waals surface area contributed by atoms with Gasteiger partial charge in [-0.05, 0) is 21.8 Å². The monoisotopic (exact) mass is 291 g/mol. The first-order chi connectivity index (χ1) is 8.09. The Morgan fingerprint density at radius 2 is 1.76 bits per heavy atom. The highest BCUT2D eigenvalue weighted by molar-refractivity contribution is 9.10. The van der Waals surface area contributed by atoms with Crippen molar-refractivity contribution in [1.29, 1.82) is 0 Å². The number of nitrogens with two attached hydrogens (primary N) is 1. The van der Waals surface area contributed by atoms with Crippen LogP contribution in [-0.4, -0.2) is 9.97 Å². The summed E-state index contributed by atoms with van der Waals surface area (Å²) >= 11 is 3.44. The molecule has 1 aromatic carbocycles. The van der Waals surface area contributed by atoms with E-state index in [0.29, 0.717) is 17.6 Å². The molecule has 0 radical (unpaired) electrons. The number of anilines is 1. The van der Waals surface area contributed by atoms with Crippen molar-refractivity contribution >= 4 is 21.7 Å². The number of hydrogen-bond donors (Lipinski definition) is 1. The standard InChI is InChI=1S/C13H14BrN3/c1-8(2)11-10(14)12(15)17-13(16-11)9-6-4-3-5-7-9/h3-8H,1-2H3,(H2,15,16,17). The molecule has 2 N–H and O–H groups in total. The van der Waals surface area contributed by atoms with Gasteiger partial charge in [0.2, 0.25) is 0 Å². The number of nitrogens with zero attached hydrogens (tertiary/aromatic N) is 2. The van der Waals surface area contributed by atoms with Crippen LogP contribution in [0.3, 0.4) is 0 Å². The number of hydrogen-bond acceptors (Lipinski definition) is 3. The molecule has 4 heteroatoms. The predicted octanol–water partition coefficient (Wildman–Crippen LogP) is 3.61. The average Bonchev–Trinajstić information content (AvgIpc) is 2.33. The largest absolute Gasteiger partial charge is 0.383 e. The highest BCUT2D eigenvalue weighted by Crippen LogP contribution is 2.29. The zero-order chi connectivity index (χ0) is 12.4. The normalized spacial score (nSPS) is 10.8. The van der Waals surface area contributed by atoms with E-state index in [1.807, 2.05) is 30.3 Å². The van der Waals surface area contributed by atoms with Crippen LogP contribution < -0.4 is 5.73 Å². The fraction of sp³-hybridized carbons (Fsp3) is 0.231. The first-order valence-electron chi connectivity index (χ1n) is 5.48. The summed E-state index contributed by atoms with van der Waals surface area (Å²) in [4.78, 5) is 8.87. The van der Waals surface area contributed by atoms with Gasteiger partial charge in [-0.3, -0.25) is 0 Å². The first kappa shape index (κ1) is 12.0. The summed E-state index contributed by atoms with van der Waals surface area (Å²) in [6, 6.07) is 9.85. The zero-order valence-electron chi connectivity index (χ0n) is 9.81. The molecule has 17 heavy (non-hydrogen) atoms. The Hall–Kier alpha value is -1.42. The molecule has 2 aromatic rings. The average molecular weight is 292 g/mol. The molecular weight excluding hydrogens is 278 g/mol. The first-order valence-corrected chi connectivity index (χ1v) is 6.27. The van der Waals surface area contributed by atoms with E-state index in [9.17, 15) is 0 Å². The highest BCUT2D eigenvalue weighted by atomic mass is 79.9. The third kappa shape index (κ3) is 2.47.